The number of phenols is 1. The van der Waals surface area contributed by atoms with Crippen molar-refractivity contribution in [3.8, 4) is 53.1 Å². The number of hydrogen-bond acceptors (Lipinski definition) is 26. The van der Waals surface area contributed by atoms with E-state index in [2.05, 4.69) is 252 Å². The second kappa shape index (κ2) is 62.9. The van der Waals surface area contributed by atoms with Crippen LogP contribution in [-0.4, -0.2) is 220 Å². The number of esters is 2. The fourth-order valence-corrected chi connectivity index (χ4v) is 16.9. The zero-order chi connectivity index (χ0) is 107. The minimum atomic E-state index is -1.14. The van der Waals surface area contributed by atoms with Crippen molar-refractivity contribution in [3.63, 3.8) is 0 Å². The number of nitrogens with two attached hydrogens (primary N) is 1. The Bertz CT molecular complexity index is 5130. The number of rotatable bonds is 29. The molecule has 0 aliphatic carbocycles. The first kappa shape index (κ1) is 126. The number of ether oxygens (including phenoxy) is 7. The second-order valence-electron chi connectivity index (χ2n) is 37.8. The Morgan fingerprint density at radius 1 is 0.458 bits per heavy atom. The maximum Gasteiger partial charge on any atom is 0.498 e. The van der Waals surface area contributed by atoms with E-state index in [4.69, 9.17) is 60.7 Å². The first-order valence-corrected chi connectivity index (χ1v) is 53.5. The Hall–Kier alpha value is -8.00. The molecule has 39 heteroatoms. The number of aromatic hydroxyl groups is 1. The molecule has 7 aliphatic heterocycles. The molecular formula is C103H138BBr6Cl3N10O19. The van der Waals surface area contributed by atoms with Crippen molar-refractivity contribution in [1.29, 1.82) is 15.8 Å². The van der Waals surface area contributed by atoms with E-state index in [0.717, 1.165) is 86.0 Å². The van der Waals surface area contributed by atoms with Gasteiger partial charge in [0.05, 0.1) is 128 Å². The van der Waals surface area contributed by atoms with E-state index < -0.39 is 46.0 Å². The highest BCUT2D eigenvalue weighted by molar-refractivity contribution is 9.11. The summed E-state index contributed by atoms with van der Waals surface area (Å²) in [6.45, 7) is 46.1. The molecule has 142 heavy (non-hydrogen) atoms. The molecule has 0 saturated carbocycles. The first-order valence-electron chi connectivity index (χ1n) is 47.3. The highest BCUT2D eigenvalue weighted by Crippen LogP contribution is 2.42. The Morgan fingerprint density at radius 2 is 0.754 bits per heavy atom. The number of nitrogens with one attached hydrogen (secondary N) is 2. The summed E-state index contributed by atoms with van der Waals surface area (Å²) >= 11 is 34.3. The van der Waals surface area contributed by atoms with Gasteiger partial charge in [-0.05, 0) is 358 Å². The number of phenolic OH excluding ortho intramolecular Hbond substituents is 1. The standard InChI is InChI=1S/C24H34BN3O4.C18H22BrN3O2.C12H15BrO3.C11H12BrClO2.C11H13BrO3.C8H7BrO3.C7H11N3.C6H15N.C4H9Br.C2Cl2O2/c1-15(2)13-30-21-11-16(7-9-18(21)25-31-23(3,4)24(5,6)32-25)22(29)27-19-12-17-8-10-20(19)28(17)14-26;1-11(2)9-24-17-7-12(3-5-14(17)19)18(23)21-15-8-13-4-6-16(15)22(13)10-20;1-8(2)7-16-11-6-9(12(14)15-3)4-5-10(11)13;2*1-7(2)6-15-10-5-8(11(13)14)3-4-9(10)12;1-12-8(11)5-2-3-6(9)7(10)4-5;8-4-10-5-1-2-7(10)6(9)3-5;1-4-7(5-2)6-3;1-4(2)3-5;3-1(5)2(4)6/h7,9,11,15,17,19-20H,8,10,12-13H2,1-6H3,(H,27,29);3,5,7,11,13,15-16H,4,6,8-9H2,1-2H3,(H,21,23);4-6,8H,7H2,1-3H3;3-5,7H,6H2,1-2H3;3-5,7H,6H2,1-2H3,(H,13,14);2-4,10H,1H3;5-7H,1-3,9H2;4-6H2,1-3H3;4H,3H2,1-2H3;/t17-,19+,20+;13-,15+,16+;;;;;5-,6+,7+;;;/m00....0.../s1. The van der Waals surface area contributed by atoms with Crippen LogP contribution in [0.3, 0.4) is 0 Å². The highest BCUT2D eigenvalue weighted by Gasteiger charge is 2.53. The lowest BCUT2D eigenvalue weighted by atomic mass is 9.78. The molecular weight excluding hydrogens is 2280 g/mol. The molecule has 7 aliphatic rings. The molecule has 6 aromatic carbocycles. The number of amides is 2. The van der Waals surface area contributed by atoms with E-state index in [-0.39, 0.29) is 65.3 Å². The number of carbonyl (C=O) groups excluding carboxylic acids is 7. The lowest BCUT2D eigenvalue weighted by molar-refractivity contribution is -0.127. The van der Waals surface area contributed by atoms with Crippen molar-refractivity contribution in [2.24, 2.45) is 41.2 Å². The third-order valence-corrected chi connectivity index (χ3v) is 28.6. The number of benzene rings is 6. The third kappa shape index (κ3) is 41.0. The lowest BCUT2D eigenvalue weighted by Gasteiger charge is -2.32. The summed E-state index contributed by atoms with van der Waals surface area (Å²) in [7, 11) is 2.09. The number of carboxylic acids is 1. The number of nitriles is 3. The molecule has 13 rings (SSSR count). The van der Waals surface area contributed by atoms with Gasteiger partial charge in [-0.25, -0.2) is 14.4 Å². The van der Waals surface area contributed by atoms with Crippen molar-refractivity contribution in [2.75, 3.05) is 72.2 Å². The summed E-state index contributed by atoms with van der Waals surface area (Å²) in [6.07, 6.45) is 15.8. The average molecular weight is 2420 g/mol. The van der Waals surface area contributed by atoms with Crippen LogP contribution >= 0.6 is 130 Å². The molecule has 6 N–H and O–H groups in total. The van der Waals surface area contributed by atoms with Crippen LogP contribution < -0.4 is 45.5 Å². The maximum absolute atomic E-state index is 13.1. The summed E-state index contributed by atoms with van der Waals surface area (Å²) in [5.41, 5.74) is 8.28. The van der Waals surface area contributed by atoms with Gasteiger partial charge in [-0.1, -0.05) is 126 Å². The van der Waals surface area contributed by atoms with Crippen LogP contribution in [0.5, 0.6) is 34.5 Å². The van der Waals surface area contributed by atoms with Gasteiger partial charge in [-0.2, -0.15) is 15.8 Å². The molecule has 780 valence electrons. The van der Waals surface area contributed by atoms with Crippen LogP contribution in [-0.2, 0) is 28.4 Å². The number of carbonyl (C=O) groups is 8. The summed E-state index contributed by atoms with van der Waals surface area (Å²) < 4.78 is 53.8. The molecule has 7 saturated heterocycles. The first-order chi connectivity index (χ1) is 66.8. The quantitative estimate of drug-likeness (QED) is 0.00727. The Balaban J connectivity index is 0.000000344. The minimum Gasteiger partial charge on any atom is -0.507 e. The van der Waals surface area contributed by atoms with Gasteiger partial charge in [-0.3, -0.25) is 24.0 Å². The van der Waals surface area contributed by atoms with Gasteiger partial charge < -0.3 is 88.6 Å². The Morgan fingerprint density at radius 3 is 1.04 bits per heavy atom. The van der Waals surface area contributed by atoms with E-state index in [9.17, 15) is 54.0 Å². The molecule has 6 aromatic rings. The van der Waals surface area contributed by atoms with Crippen LogP contribution in [0.2, 0.25) is 0 Å². The molecule has 0 aromatic heterocycles. The number of carboxylic acid groups (broad SMARTS) is 1. The molecule has 29 nitrogen and oxygen atoms in total. The third-order valence-electron chi connectivity index (χ3n) is 23.3. The van der Waals surface area contributed by atoms with Crippen LogP contribution in [0.1, 0.15) is 251 Å². The normalized spacial score (nSPS) is 18.9. The molecule has 7 fully saturated rings. The van der Waals surface area contributed by atoms with Gasteiger partial charge in [0, 0.05) is 51.7 Å². The summed E-state index contributed by atoms with van der Waals surface area (Å²) in [6, 6.07) is 32.3. The number of hydrogen-bond donors (Lipinski definition) is 5. The van der Waals surface area contributed by atoms with E-state index in [1.165, 1.54) is 58.5 Å². The maximum atomic E-state index is 13.1. The average Bonchev–Trinajstić information content (AvgIpc) is 1.61. The predicted octanol–water partition coefficient (Wildman–Crippen LogP) is 22.3. The predicted molar refractivity (Wildman–Crippen MR) is 577 cm³/mol. The molecule has 0 unspecified atom stereocenters. The number of fused-ring (bicyclic) bond motifs is 6. The smallest absolute Gasteiger partial charge is 0.498 e. The van der Waals surface area contributed by atoms with Gasteiger partial charge in [-0.15, -0.1) is 0 Å². The van der Waals surface area contributed by atoms with Gasteiger partial charge >= 0.3 is 35.5 Å². The fourth-order valence-electron chi connectivity index (χ4n) is 15.1. The topological polar surface area (TPSA) is 394 Å². The number of alkyl halides is 1. The number of halogens is 9. The van der Waals surface area contributed by atoms with Crippen LogP contribution in [0.4, 0.5) is 0 Å². The van der Waals surface area contributed by atoms with Crippen LogP contribution in [0.25, 0.3) is 0 Å². The summed E-state index contributed by atoms with van der Waals surface area (Å²) in [5, 5.41) is 49.9. The second-order valence-corrected chi connectivity index (χ2v) is 43.8. The molecule has 2 amide bonds. The monoisotopic (exact) mass is 2410 g/mol. The summed E-state index contributed by atoms with van der Waals surface area (Å²) in [5.74, 6) is 4.03. The van der Waals surface area contributed by atoms with Gasteiger partial charge in [0.1, 0.15) is 34.5 Å². The van der Waals surface area contributed by atoms with Crippen molar-refractivity contribution < 1.29 is 91.0 Å². The fraction of sp³-hybridized carbons (Fsp3) is 0.544. The van der Waals surface area contributed by atoms with E-state index >= 15 is 0 Å². The van der Waals surface area contributed by atoms with Crippen molar-refractivity contribution in [2.45, 2.75) is 255 Å². The van der Waals surface area contributed by atoms with Gasteiger partial charge in [0.2, 0.25) is 0 Å². The van der Waals surface area contributed by atoms with Crippen LogP contribution in [0, 0.1) is 69.9 Å². The Kier molecular flexibility index (Phi) is 55.9. The van der Waals surface area contributed by atoms with Crippen molar-refractivity contribution in [1.82, 2.24) is 30.2 Å². The zero-order valence-electron chi connectivity index (χ0n) is 84.8. The number of methoxy groups -OCH3 is 2. The molecule has 7 heterocycles. The highest BCUT2D eigenvalue weighted by atomic mass is 79.9. The molecule has 0 radical (unpaired) electrons. The lowest BCUT2D eigenvalue weighted by Crippen LogP contribution is -2.43. The Labute approximate surface area is 904 Å². The van der Waals surface area contributed by atoms with E-state index in [0.29, 0.717) is 142 Å². The van der Waals surface area contributed by atoms with E-state index in [1.807, 2.05) is 68.4 Å². The van der Waals surface area contributed by atoms with Crippen molar-refractivity contribution in [3.05, 3.63) is 165 Å². The van der Waals surface area contributed by atoms with E-state index in [1.54, 1.807) is 78.9 Å². The minimum absolute atomic E-state index is 0.00343. The largest absolute Gasteiger partial charge is 0.507 e. The zero-order valence-corrected chi connectivity index (χ0v) is 96.6. The summed E-state index contributed by atoms with van der Waals surface area (Å²) in [4.78, 5) is 96.4. The van der Waals surface area contributed by atoms with Crippen molar-refractivity contribution >= 4 is 188 Å². The number of aromatic carboxylic acids is 1. The molecule has 6 bridgehead atoms. The van der Waals surface area contributed by atoms with Gasteiger partial charge in [0.15, 0.2) is 18.6 Å². The molecule has 9 atom stereocenters. The SMILES string of the molecule is CC(C)CBr.CC(C)COc1cc(C(=O)Cl)ccc1Br.CC(C)COc1cc(C(=O)N[C@@H]2C[C@@H]3CC[C@H]2N3C#N)ccc1B1OC(C)(C)C(C)(C)O1.CC(C)COc1cc(C(=O)N[C@@H]2C[C@@H]3CC[C@H]2N3C#N)ccc1Br.CC(C)COc1cc(C(=O)O)ccc1Br.CCN(CC)CC.COC(=O)c1ccc(Br)c(O)c1.COC(=O)c1ccc(Br)c(OCC(C)C)c1.N#CN1[C@H]2CC[C@@H]1[C@H](N)C2.O=C(Cl)C(=O)Cl. The van der Waals surface area contributed by atoms with Gasteiger partial charge in [0.25, 0.3) is 17.1 Å². The molecule has 0 spiro atoms. The number of nitrogens with zero attached hydrogens (tertiary/aromatic N) is 7. The van der Waals surface area contributed by atoms with Crippen LogP contribution in [0.15, 0.2) is 132 Å².